The molecule has 0 unspecified atom stereocenters. The Morgan fingerprint density at radius 3 is 2.94 bits per heavy atom. The Hall–Kier alpha value is -1.35. The number of carbonyl (C=O) groups excluding carboxylic acids is 1. The molecular weight excluding hydrogens is 276 g/mol. The van der Waals surface area contributed by atoms with Crippen LogP contribution in [0.4, 0.5) is 5.00 Å². The van der Waals surface area contributed by atoms with Crippen LogP contribution in [-0.4, -0.2) is 5.91 Å². The summed E-state index contributed by atoms with van der Waals surface area (Å²) < 4.78 is 0.668. The van der Waals surface area contributed by atoms with Gasteiger partial charge >= 0.3 is 0 Å². The van der Waals surface area contributed by atoms with Crippen molar-refractivity contribution in [1.29, 1.82) is 5.26 Å². The summed E-state index contributed by atoms with van der Waals surface area (Å²) in [6.07, 6.45) is 0.278. The lowest BCUT2D eigenvalue weighted by Crippen LogP contribution is -2.13. The normalized spacial score (nSPS) is 9.88. The van der Waals surface area contributed by atoms with Crippen LogP contribution in [0, 0.1) is 11.3 Å². The van der Waals surface area contributed by atoms with Crippen molar-refractivity contribution in [3.8, 4) is 6.07 Å². The molecule has 0 spiro atoms. The minimum atomic E-state index is -0.137. The van der Waals surface area contributed by atoms with Crippen molar-refractivity contribution in [2.45, 2.75) is 6.42 Å². The summed E-state index contributed by atoms with van der Waals surface area (Å²) in [6.45, 7) is 0. The number of carbonyl (C=O) groups is 1. The number of anilines is 1. The maximum Gasteiger partial charge on any atom is 0.230 e. The molecule has 86 valence electrons. The summed E-state index contributed by atoms with van der Waals surface area (Å²) in [7, 11) is 0. The van der Waals surface area contributed by atoms with E-state index in [1.165, 1.54) is 22.7 Å². The molecule has 0 saturated carbocycles. The van der Waals surface area contributed by atoms with Crippen molar-refractivity contribution in [2.75, 3.05) is 5.32 Å². The zero-order valence-electron chi connectivity index (χ0n) is 8.57. The van der Waals surface area contributed by atoms with E-state index in [1.54, 1.807) is 17.5 Å². The van der Waals surface area contributed by atoms with Gasteiger partial charge in [-0.25, -0.2) is 0 Å². The lowest BCUT2D eigenvalue weighted by Gasteiger charge is -2.01. The van der Waals surface area contributed by atoms with E-state index in [2.05, 4.69) is 5.32 Å². The van der Waals surface area contributed by atoms with Gasteiger partial charge in [0.15, 0.2) is 0 Å². The fourth-order valence-corrected chi connectivity index (χ4v) is 3.11. The SMILES string of the molecule is N#Cc1ccsc1NC(=O)Cc1ccc(Cl)s1. The Morgan fingerprint density at radius 1 is 1.47 bits per heavy atom. The van der Waals surface area contributed by atoms with Gasteiger partial charge in [0.2, 0.25) is 5.91 Å². The maximum absolute atomic E-state index is 11.7. The number of rotatable bonds is 3. The second-order valence-electron chi connectivity index (χ2n) is 3.21. The average molecular weight is 283 g/mol. The predicted octanol–water partition coefficient (Wildman–Crippen LogP) is 3.52. The summed E-state index contributed by atoms with van der Waals surface area (Å²) in [5, 5.41) is 13.9. The Labute approximate surface area is 111 Å². The minimum absolute atomic E-state index is 0.137. The second-order valence-corrected chi connectivity index (χ2v) is 5.92. The highest BCUT2D eigenvalue weighted by molar-refractivity contribution is 7.16. The van der Waals surface area contributed by atoms with Crippen LogP contribution in [0.2, 0.25) is 4.34 Å². The van der Waals surface area contributed by atoms with Crippen LogP contribution < -0.4 is 5.32 Å². The number of hydrogen-bond donors (Lipinski definition) is 1. The molecule has 0 aliphatic carbocycles. The van der Waals surface area contributed by atoms with E-state index in [4.69, 9.17) is 16.9 Å². The summed E-state index contributed by atoms with van der Waals surface area (Å²) in [4.78, 5) is 12.6. The van der Waals surface area contributed by atoms with Gasteiger partial charge in [-0.1, -0.05) is 11.6 Å². The summed E-state index contributed by atoms with van der Waals surface area (Å²) in [6, 6.07) is 7.30. The summed E-state index contributed by atoms with van der Waals surface area (Å²) >= 11 is 8.50. The van der Waals surface area contributed by atoms with Crippen molar-refractivity contribution in [3.05, 3.63) is 38.4 Å². The molecular formula is C11H7ClN2OS2. The third-order valence-corrected chi connectivity index (χ3v) is 4.06. The Kier molecular flexibility index (Phi) is 3.79. The van der Waals surface area contributed by atoms with E-state index in [-0.39, 0.29) is 12.3 Å². The molecule has 0 radical (unpaired) electrons. The molecule has 2 aromatic heterocycles. The first kappa shape index (κ1) is 12.1. The molecule has 3 nitrogen and oxygen atoms in total. The molecule has 1 N–H and O–H groups in total. The van der Waals surface area contributed by atoms with Crippen molar-refractivity contribution in [3.63, 3.8) is 0 Å². The van der Waals surface area contributed by atoms with Gasteiger partial charge in [0.05, 0.1) is 16.3 Å². The van der Waals surface area contributed by atoms with Crippen molar-refractivity contribution < 1.29 is 4.79 Å². The van der Waals surface area contributed by atoms with Crippen LogP contribution >= 0.6 is 34.3 Å². The monoisotopic (exact) mass is 282 g/mol. The Morgan fingerprint density at radius 2 is 2.29 bits per heavy atom. The molecule has 0 aromatic carbocycles. The number of hydrogen-bond acceptors (Lipinski definition) is 4. The molecule has 0 bridgehead atoms. The van der Waals surface area contributed by atoms with Crippen molar-refractivity contribution >= 4 is 45.2 Å². The zero-order chi connectivity index (χ0) is 12.3. The maximum atomic E-state index is 11.7. The molecule has 0 atom stereocenters. The highest BCUT2D eigenvalue weighted by Gasteiger charge is 2.09. The Bertz CT molecular complexity index is 582. The van der Waals surface area contributed by atoms with E-state index < -0.39 is 0 Å². The van der Waals surface area contributed by atoms with Gasteiger partial charge in [0, 0.05) is 4.88 Å². The van der Waals surface area contributed by atoms with Crippen LogP contribution in [0.15, 0.2) is 23.6 Å². The highest BCUT2D eigenvalue weighted by Crippen LogP contribution is 2.24. The number of nitrogens with zero attached hydrogens (tertiary/aromatic N) is 1. The van der Waals surface area contributed by atoms with Crippen LogP contribution in [0.3, 0.4) is 0 Å². The number of amides is 1. The molecule has 2 rings (SSSR count). The quantitative estimate of drug-likeness (QED) is 0.936. The second kappa shape index (κ2) is 5.32. The molecule has 2 heterocycles. The number of nitriles is 1. The van der Waals surface area contributed by atoms with Crippen LogP contribution in [-0.2, 0) is 11.2 Å². The largest absolute Gasteiger partial charge is 0.316 e. The first-order valence-electron chi connectivity index (χ1n) is 4.70. The fourth-order valence-electron chi connectivity index (χ4n) is 1.27. The van der Waals surface area contributed by atoms with Gasteiger partial charge in [0.1, 0.15) is 11.1 Å². The van der Waals surface area contributed by atoms with Gasteiger partial charge in [0.25, 0.3) is 0 Å². The van der Waals surface area contributed by atoms with Crippen molar-refractivity contribution in [2.24, 2.45) is 0 Å². The summed E-state index contributed by atoms with van der Waals surface area (Å²) in [5.41, 5.74) is 0.493. The number of nitrogens with one attached hydrogen (secondary N) is 1. The standard InChI is InChI=1S/C11H7ClN2OS2/c12-9-2-1-8(17-9)5-10(15)14-11-7(6-13)3-4-16-11/h1-4H,5H2,(H,14,15). The number of thiophene rings is 2. The molecule has 6 heteroatoms. The lowest BCUT2D eigenvalue weighted by atomic mass is 10.3. The van der Waals surface area contributed by atoms with E-state index >= 15 is 0 Å². The van der Waals surface area contributed by atoms with Crippen molar-refractivity contribution in [1.82, 2.24) is 0 Å². The predicted molar refractivity (Wildman–Crippen MR) is 70.7 cm³/mol. The van der Waals surface area contributed by atoms with Gasteiger partial charge in [-0.2, -0.15) is 5.26 Å². The van der Waals surface area contributed by atoms with Gasteiger partial charge in [-0.3, -0.25) is 4.79 Å². The third-order valence-electron chi connectivity index (χ3n) is 2.00. The van der Waals surface area contributed by atoms with E-state index in [9.17, 15) is 4.79 Å². The number of halogens is 1. The molecule has 2 aromatic rings. The van der Waals surface area contributed by atoms with E-state index in [1.807, 2.05) is 12.1 Å². The molecule has 0 aliphatic rings. The first-order valence-corrected chi connectivity index (χ1v) is 6.78. The molecule has 17 heavy (non-hydrogen) atoms. The molecule has 0 fully saturated rings. The smallest absolute Gasteiger partial charge is 0.230 e. The first-order chi connectivity index (χ1) is 8.19. The molecule has 0 saturated heterocycles. The van der Waals surface area contributed by atoms with E-state index in [0.29, 0.717) is 14.9 Å². The fraction of sp³-hybridized carbons (Fsp3) is 0.0909. The zero-order valence-corrected chi connectivity index (χ0v) is 11.0. The van der Waals surface area contributed by atoms with Crippen LogP contribution in [0.25, 0.3) is 0 Å². The molecule has 1 amide bonds. The van der Waals surface area contributed by atoms with E-state index in [0.717, 1.165) is 4.88 Å². The van der Waals surface area contributed by atoms with Gasteiger partial charge < -0.3 is 5.32 Å². The third kappa shape index (κ3) is 3.07. The highest BCUT2D eigenvalue weighted by atomic mass is 35.5. The van der Waals surface area contributed by atoms with Gasteiger partial charge in [-0.15, -0.1) is 22.7 Å². The van der Waals surface area contributed by atoms with Crippen LogP contribution in [0.5, 0.6) is 0 Å². The Balaban J connectivity index is 2.01. The summed E-state index contributed by atoms with van der Waals surface area (Å²) in [5.74, 6) is -0.137. The minimum Gasteiger partial charge on any atom is -0.316 e. The van der Waals surface area contributed by atoms with Gasteiger partial charge in [-0.05, 0) is 23.6 Å². The topological polar surface area (TPSA) is 52.9 Å². The van der Waals surface area contributed by atoms with Crippen LogP contribution in [0.1, 0.15) is 10.4 Å². The molecule has 0 aliphatic heterocycles. The lowest BCUT2D eigenvalue weighted by molar-refractivity contribution is -0.115. The average Bonchev–Trinajstić information content (AvgIpc) is 2.87.